The SMILES string of the molecule is Cn1cccc1C(=O)NC(=O)CN1CCC[C@@H](N)C1. The molecule has 1 aliphatic heterocycles. The number of hydrogen-bond acceptors (Lipinski definition) is 4. The normalized spacial score (nSPS) is 20.2. The van der Waals surface area contributed by atoms with Crippen molar-refractivity contribution >= 4 is 11.8 Å². The number of likely N-dealkylation sites (tertiary alicyclic amines) is 1. The number of carbonyl (C=O) groups excluding carboxylic acids is 2. The second-order valence-corrected chi connectivity index (χ2v) is 5.02. The standard InChI is InChI=1S/C13H20N4O2/c1-16-6-3-5-11(16)13(19)15-12(18)9-17-7-2-4-10(14)8-17/h3,5-6,10H,2,4,7-9,14H2,1H3,(H,15,18,19)/t10-/m1/s1. The third kappa shape index (κ3) is 3.65. The zero-order valence-electron chi connectivity index (χ0n) is 11.1. The predicted molar refractivity (Wildman–Crippen MR) is 71.5 cm³/mol. The van der Waals surface area contributed by atoms with E-state index in [4.69, 9.17) is 5.73 Å². The van der Waals surface area contributed by atoms with Gasteiger partial charge in [-0.25, -0.2) is 0 Å². The minimum atomic E-state index is -0.362. The first-order valence-electron chi connectivity index (χ1n) is 6.49. The lowest BCUT2D eigenvalue weighted by molar-refractivity contribution is -0.121. The van der Waals surface area contributed by atoms with Crippen molar-refractivity contribution in [3.05, 3.63) is 24.0 Å². The molecule has 6 heteroatoms. The summed E-state index contributed by atoms with van der Waals surface area (Å²) in [5.41, 5.74) is 6.33. The largest absolute Gasteiger partial charge is 0.347 e. The smallest absolute Gasteiger partial charge is 0.274 e. The van der Waals surface area contributed by atoms with Gasteiger partial charge in [0.25, 0.3) is 5.91 Å². The zero-order chi connectivity index (χ0) is 13.8. The van der Waals surface area contributed by atoms with Crippen molar-refractivity contribution in [3.63, 3.8) is 0 Å². The number of aromatic nitrogens is 1. The van der Waals surface area contributed by atoms with Crippen LogP contribution in [0.3, 0.4) is 0 Å². The predicted octanol–water partition coefficient (Wildman–Crippen LogP) is -0.295. The van der Waals surface area contributed by atoms with E-state index in [1.807, 2.05) is 4.90 Å². The van der Waals surface area contributed by atoms with Gasteiger partial charge in [-0.15, -0.1) is 0 Å². The number of aryl methyl sites for hydroxylation is 1. The summed E-state index contributed by atoms with van der Waals surface area (Å²) >= 11 is 0. The van der Waals surface area contributed by atoms with Crippen LogP contribution in [0.15, 0.2) is 18.3 Å². The van der Waals surface area contributed by atoms with Crippen LogP contribution >= 0.6 is 0 Å². The number of imide groups is 1. The summed E-state index contributed by atoms with van der Waals surface area (Å²) in [5, 5.41) is 2.40. The van der Waals surface area contributed by atoms with Crippen LogP contribution in [0.25, 0.3) is 0 Å². The quantitative estimate of drug-likeness (QED) is 0.786. The summed E-state index contributed by atoms with van der Waals surface area (Å²) in [7, 11) is 1.77. The number of nitrogens with two attached hydrogens (primary N) is 1. The van der Waals surface area contributed by atoms with E-state index in [1.54, 1.807) is 29.9 Å². The van der Waals surface area contributed by atoms with E-state index in [0.717, 1.165) is 19.4 Å². The van der Waals surface area contributed by atoms with Crippen molar-refractivity contribution in [1.29, 1.82) is 0 Å². The Balaban J connectivity index is 1.84. The molecule has 0 aromatic carbocycles. The van der Waals surface area contributed by atoms with E-state index in [0.29, 0.717) is 12.2 Å². The molecule has 1 aliphatic rings. The topological polar surface area (TPSA) is 80.4 Å². The molecule has 0 aliphatic carbocycles. The fourth-order valence-electron chi connectivity index (χ4n) is 2.37. The summed E-state index contributed by atoms with van der Waals surface area (Å²) in [4.78, 5) is 25.6. The van der Waals surface area contributed by atoms with Crippen LogP contribution in [0.5, 0.6) is 0 Å². The summed E-state index contributed by atoms with van der Waals surface area (Å²) in [6.07, 6.45) is 3.77. The van der Waals surface area contributed by atoms with Gasteiger partial charge < -0.3 is 10.3 Å². The van der Waals surface area contributed by atoms with E-state index < -0.39 is 0 Å². The number of carbonyl (C=O) groups is 2. The lowest BCUT2D eigenvalue weighted by Crippen LogP contribution is -2.47. The molecule has 2 amide bonds. The molecule has 0 radical (unpaired) electrons. The first-order chi connectivity index (χ1) is 9.06. The van der Waals surface area contributed by atoms with E-state index in [1.165, 1.54) is 0 Å². The van der Waals surface area contributed by atoms with Gasteiger partial charge in [0.2, 0.25) is 5.91 Å². The molecule has 0 saturated carbocycles. The Kier molecular flexibility index (Phi) is 4.34. The van der Waals surface area contributed by atoms with Crippen molar-refractivity contribution in [3.8, 4) is 0 Å². The molecule has 1 fully saturated rings. The number of hydrogen-bond donors (Lipinski definition) is 2. The molecule has 19 heavy (non-hydrogen) atoms. The maximum absolute atomic E-state index is 11.8. The minimum Gasteiger partial charge on any atom is -0.347 e. The highest BCUT2D eigenvalue weighted by atomic mass is 16.2. The van der Waals surface area contributed by atoms with Crippen molar-refractivity contribution < 1.29 is 9.59 Å². The Morgan fingerprint density at radius 3 is 2.95 bits per heavy atom. The van der Waals surface area contributed by atoms with Crippen LogP contribution in [-0.4, -0.2) is 47.0 Å². The number of amides is 2. The molecule has 0 bridgehead atoms. The van der Waals surface area contributed by atoms with Gasteiger partial charge in [0.05, 0.1) is 6.54 Å². The average molecular weight is 264 g/mol. The number of rotatable bonds is 3. The first-order valence-corrected chi connectivity index (χ1v) is 6.49. The highest BCUT2D eigenvalue weighted by Crippen LogP contribution is 2.07. The monoisotopic (exact) mass is 264 g/mol. The molecule has 1 aromatic heterocycles. The van der Waals surface area contributed by atoms with Crippen molar-refractivity contribution in [2.75, 3.05) is 19.6 Å². The third-order valence-corrected chi connectivity index (χ3v) is 3.34. The van der Waals surface area contributed by atoms with Gasteiger partial charge in [-0.1, -0.05) is 0 Å². The Labute approximate surface area is 112 Å². The minimum absolute atomic E-state index is 0.130. The Bertz CT molecular complexity index is 469. The van der Waals surface area contributed by atoms with Crippen molar-refractivity contribution in [2.45, 2.75) is 18.9 Å². The van der Waals surface area contributed by atoms with E-state index >= 15 is 0 Å². The second kappa shape index (κ2) is 5.99. The molecule has 3 N–H and O–H groups in total. The molecular formula is C13H20N4O2. The fourth-order valence-corrected chi connectivity index (χ4v) is 2.37. The fraction of sp³-hybridized carbons (Fsp3) is 0.538. The second-order valence-electron chi connectivity index (χ2n) is 5.02. The number of piperidine rings is 1. The number of nitrogens with one attached hydrogen (secondary N) is 1. The molecule has 1 aromatic rings. The van der Waals surface area contributed by atoms with E-state index in [2.05, 4.69) is 5.32 Å². The molecule has 0 unspecified atom stereocenters. The molecule has 6 nitrogen and oxygen atoms in total. The van der Waals surface area contributed by atoms with Gasteiger partial charge in [-0.2, -0.15) is 0 Å². The summed E-state index contributed by atoms with van der Waals surface area (Å²) in [6.45, 7) is 1.80. The van der Waals surface area contributed by atoms with Gasteiger partial charge in [0, 0.05) is 25.8 Å². The first kappa shape index (κ1) is 13.8. The highest BCUT2D eigenvalue weighted by Gasteiger charge is 2.20. The summed E-state index contributed by atoms with van der Waals surface area (Å²) in [5.74, 6) is -0.640. The highest BCUT2D eigenvalue weighted by molar-refractivity contribution is 6.04. The van der Waals surface area contributed by atoms with Crippen molar-refractivity contribution in [2.24, 2.45) is 12.8 Å². The summed E-state index contributed by atoms with van der Waals surface area (Å²) in [6, 6.07) is 3.58. The van der Waals surface area contributed by atoms with Crippen molar-refractivity contribution in [1.82, 2.24) is 14.8 Å². The van der Waals surface area contributed by atoms with Crippen LogP contribution in [0, 0.1) is 0 Å². The summed E-state index contributed by atoms with van der Waals surface area (Å²) < 4.78 is 1.68. The molecule has 0 spiro atoms. The Hall–Kier alpha value is -1.66. The van der Waals surface area contributed by atoms with Gasteiger partial charge in [-0.3, -0.25) is 19.8 Å². The van der Waals surface area contributed by atoms with E-state index in [9.17, 15) is 9.59 Å². The van der Waals surface area contributed by atoms with Gasteiger partial charge in [0.15, 0.2) is 0 Å². The Morgan fingerprint density at radius 2 is 2.32 bits per heavy atom. The maximum Gasteiger partial charge on any atom is 0.274 e. The van der Waals surface area contributed by atoms with Gasteiger partial charge in [-0.05, 0) is 31.5 Å². The average Bonchev–Trinajstić information content (AvgIpc) is 2.75. The van der Waals surface area contributed by atoms with E-state index in [-0.39, 0.29) is 24.4 Å². The van der Waals surface area contributed by atoms with Crippen LogP contribution in [-0.2, 0) is 11.8 Å². The van der Waals surface area contributed by atoms with Crippen LogP contribution < -0.4 is 11.1 Å². The molecule has 1 saturated heterocycles. The molecule has 2 heterocycles. The van der Waals surface area contributed by atoms with Crippen LogP contribution in [0.4, 0.5) is 0 Å². The van der Waals surface area contributed by atoms with Crippen LogP contribution in [0.2, 0.25) is 0 Å². The maximum atomic E-state index is 11.8. The van der Waals surface area contributed by atoms with Crippen LogP contribution in [0.1, 0.15) is 23.3 Å². The lowest BCUT2D eigenvalue weighted by Gasteiger charge is -2.29. The third-order valence-electron chi connectivity index (χ3n) is 3.34. The Morgan fingerprint density at radius 1 is 1.53 bits per heavy atom. The molecule has 104 valence electrons. The van der Waals surface area contributed by atoms with Gasteiger partial charge >= 0.3 is 0 Å². The molecule has 1 atom stereocenters. The molecule has 2 rings (SSSR count). The number of nitrogens with zero attached hydrogens (tertiary/aromatic N) is 2. The molecular weight excluding hydrogens is 244 g/mol. The lowest BCUT2D eigenvalue weighted by atomic mass is 10.1. The van der Waals surface area contributed by atoms with Gasteiger partial charge in [0.1, 0.15) is 5.69 Å². The zero-order valence-corrected chi connectivity index (χ0v) is 11.1.